The molecule has 0 atom stereocenters. The van der Waals surface area contributed by atoms with E-state index in [1.165, 1.54) is 70.5 Å². The highest BCUT2D eigenvalue weighted by atomic mass is 15.3. The number of hydrogen-bond donors (Lipinski definition) is 0. The number of nitrogens with zero attached hydrogens (tertiary/aromatic N) is 6. The van der Waals surface area contributed by atoms with Crippen LogP contribution in [0.15, 0.2) is 12.4 Å². The van der Waals surface area contributed by atoms with Gasteiger partial charge in [-0.2, -0.15) is 0 Å². The minimum absolute atomic E-state index is 0.688. The molecular formula is C21H36N6. The number of likely N-dealkylation sites (tertiary alicyclic amines) is 1. The van der Waals surface area contributed by atoms with Gasteiger partial charge in [-0.15, -0.1) is 0 Å². The molecule has 0 amide bonds. The highest BCUT2D eigenvalue weighted by molar-refractivity contribution is 5.30. The van der Waals surface area contributed by atoms with Gasteiger partial charge in [0.2, 0.25) is 5.95 Å². The van der Waals surface area contributed by atoms with Crippen molar-refractivity contribution in [2.75, 3.05) is 57.3 Å². The molecule has 4 rings (SSSR count). The molecule has 1 aromatic heterocycles. The van der Waals surface area contributed by atoms with Crippen LogP contribution in [0.5, 0.6) is 0 Å². The number of rotatable bonds is 5. The molecule has 3 fully saturated rings. The highest BCUT2D eigenvalue weighted by Crippen LogP contribution is 2.21. The number of piperidine rings is 1. The Morgan fingerprint density at radius 1 is 0.889 bits per heavy atom. The zero-order chi connectivity index (χ0) is 18.6. The van der Waals surface area contributed by atoms with Gasteiger partial charge in [0.25, 0.3) is 0 Å². The number of aromatic nitrogens is 2. The molecule has 0 aromatic carbocycles. The normalized spacial score (nSPS) is 24.2. The summed E-state index contributed by atoms with van der Waals surface area (Å²) in [6, 6.07) is 1.47. The van der Waals surface area contributed by atoms with E-state index in [2.05, 4.69) is 43.4 Å². The second kappa shape index (κ2) is 8.84. The summed E-state index contributed by atoms with van der Waals surface area (Å²) in [5, 5.41) is 0. The van der Waals surface area contributed by atoms with Crippen LogP contribution < -0.4 is 4.90 Å². The summed E-state index contributed by atoms with van der Waals surface area (Å²) in [4.78, 5) is 19.4. The maximum absolute atomic E-state index is 4.61. The predicted octanol–water partition coefficient (Wildman–Crippen LogP) is 2.07. The quantitative estimate of drug-likeness (QED) is 0.788. The van der Waals surface area contributed by atoms with Crippen molar-refractivity contribution in [1.82, 2.24) is 24.7 Å². The van der Waals surface area contributed by atoms with Crippen LogP contribution in [0.4, 0.5) is 5.95 Å². The SMILES string of the molecule is CC(C)N1CCN(C2CCN(Cc3cnc(N4CCCC4)nc3)CC2)CC1. The van der Waals surface area contributed by atoms with Gasteiger partial charge in [-0.3, -0.25) is 14.7 Å². The van der Waals surface area contributed by atoms with E-state index in [1.54, 1.807) is 0 Å². The third kappa shape index (κ3) is 4.79. The average Bonchev–Trinajstić information content (AvgIpc) is 3.24. The first-order valence-corrected chi connectivity index (χ1v) is 11.0. The fourth-order valence-electron chi connectivity index (χ4n) is 4.83. The Kier molecular flexibility index (Phi) is 6.25. The summed E-state index contributed by atoms with van der Waals surface area (Å²) in [6.45, 7) is 15.2. The summed E-state index contributed by atoms with van der Waals surface area (Å²) < 4.78 is 0. The van der Waals surface area contributed by atoms with E-state index in [4.69, 9.17) is 0 Å². The van der Waals surface area contributed by atoms with E-state index < -0.39 is 0 Å². The smallest absolute Gasteiger partial charge is 0.225 e. The second-order valence-corrected chi connectivity index (χ2v) is 8.76. The molecule has 4 heterocycles. The highest BCUT2D eigenvalue weighted by Gasteiger charge is 2.28. The molecule has 0 unspecified atom stereocenters. The lowest BCUT2D eigenvalue weighted by Gasteiger charge is -2.43. The molecule has 0 saturated carbocycles. The lowest BCUT2D eigenvalue weighted by molar-refractivity contribution is 0.0471. The van der Waals surface area contributed by atoms with Crippen LogP contribution in [0.25, 0.3) is 0 Å². The summed E-state index contributed by atoms with van der Waals surface area (Å²) in [6.07, 6.45) is 9.22. The van der Waals surface area contributed by atoms with E-state index in [1.807, 2.05) is 12.4 Å². The van der Waals surface area contributed by atoms with Gasteiger partial charge in [0.1, 0.15) is 0 Å². The molecule has 1 aromatic rings. The lowest BCUT2D eigenvalue weighted by atomic mass is 10.0. The molecular weight excluding hydrogens is 336 g/mol. The van der Waals surface area contributed by atoms with E-state index >= 15 is 0 Å². The number of anilines is 1. The third-order valence-electron chi connectivity index (χ3n) is 6.64. The molecule has 0 N–H and O–H groups in total. The Bertz CT molecular complexity index is 567. The Hall–Kier alpha value is -1.24. The van der Waals surface area contributed by atoms with Crippen LogP contribution in [-0.4, -0.2) is 89.1 Å². The molecule has 0 bridgehead atoms. The standard InChI is InChI=1S/C21H36N6/c1-18(2)25-11-13-26(14-12-25)20-5-9-24(10-6-20)17-19-15-22-21(23-16-19)27-7-3-4-8-27/h15-16,18,20H,3-14,17H2,1-2H3. The maximum Gasteiger partial charge on any atom is 0.225 e. The molecule has 0 radical (unpaired) electrons. The minimum Gasteiger partial charge on any atom is -0.341 e. The molecule has 6 nitrogen and oxygen atoms in total. The fourth-order valence-corrected chi connectivity index (χ4v) is 4.83. The van der Waals surface area contributed by atoms with Crippen molar-refractivity contribution in [3.8, 4) is 0 Å². The minimum atomic E-state index is 0.688. The first-order chi connectivity index (χ1) is 13.2. The van der Waals surface area contributed by atoms with Crippen LogP contribution in [0.2, 0.25) is 0 Å². The van der Waals surface area contributed by atoms with Crippen molar-refractivity contribution in [3.63, 3.8) is 0 Å². The summed E-state index contributed by atoms with van der Waals surface area (Å²) >= 11 is 0. The third-order valence-corrected chi connectivity index (χ3v) is 6.64. The molecule has 3 saturated heterocycles. The molecule has 0 aliphatic carbocycles. The first-order valence-electron chi connectivity index (χ1n) is 11.0. The summed E-state index contributed by atoms with van der Waals surface area (Å²) in [5.74, 6) is 0.912. The number of piperazine rings is 1. The van der Waals surface area contributed by atoms with Gasteiger partial charge in [0, 0.05) is 75.9 Å². The van der Waals surface area contributed by atoms with Gasteiger partial charge in [0.05, 0.1) is 0 Å². The molecule has 3 aliphatic rings. The van der Waals surface area contributed by atoms with Crippen molar-refractivity contribution in [2.24, 2.45) is 0 Å². The van der Waals surface area contributed by atoms with Gasteiger partial charge in [-0.1, -0.05) is 0 Å². The average molecular weight is 373 g/mol. The molecule has 0 spiro atoms. The fraction of sp³-hybridized carbons (Fsp3) is 0.810. The van der Waals surface area contributed by atoms with Crippen LogP contribution in [-0.2, 0) is 6.54 Å². The van der Waals surface area contributed by atoms with Crippen molar-refractivity contribution in [1.29, 1.82) is 0 Å². The van der Waals surface area contributed by atoms with Crippen LogP contribution in [0.1, 0.15) is 45.1 Å². The van der Waals surface area contributed by atoms with Crippen molar-refractivity contribution < 1.29 is 0 Å². The lowest BCUT2D eigenvalue weighted by Crippen LogP contribution is -2.54. The molecule has 6 heteroatoms. The Labute approximate surface area is 164 Å². The molecule has 27 heavy (non-hydrogen) atoms. The summed E-state index contributed by atoms with van der Waals surface area (Å²) in [7, 11) is 0. The monoisotopic (exact) mass is 372 g/mol. The largest absolute Gasteiger partial charge is 0.341 e. The maximum atomic E-state index is 4.61. The van der Waals surface area contributed by atoms with Crippen molar-refractivity contribution in [2.45, 2.75) is 58.2 Å². The molecule has 3 aliphatic heterocycles. The van der Waals surface area contributed by atoms with E-state index in [-0.39, 0.29) is 0 Å². The zero-order valence-corrected chi connectivity index (χ0v) is 17.2. The Morgan fingerprint density at radius 2 is 1.52 bits per heavy atom. The van der Waals surface area contributed by atoms with Gasteiger partial charge >= 0.3 is 0 Å². The second-order valence-electron chi connectivity index (χ2n) is 8.76. The first kappa shape index (κ1) is 19.1. The van der Waals surface area contributed by atoms with E-state index in [0.29, 0.717) is 6.04 Å². The number of hydrogen-bond acceptors (Lipinski definition) is 6. The van der Waals surface area contributed by atoms with Crippen LogP contribution in [0.3, 0.4) is 0 Å². The van der Waals surface area contributed by atoms with Crippen molar-refractivity contribution >= 4 is 5.95 Å². The van der Waals surface area contributed by atoms with E-state index in [0.717, 1.165) is 31.6 Å². The Balaban J connectivity index is 1.21. The van der Waals surface area contributed by atoms with Crippen LogP contribution in [0, 0.1) is 0 Å². The van der Waals surface area contributed by atoms with Gasteiger partial charge in [0.15, 0.2) is 0 Å². The summed E-state index contributed by atoms with van der Waals surface area (Å²) in [5.41, 5.74) is 1.25. The van der Waals surface area contributed by atoms with Gasteiger partial charge < -0.3 is 4.90 Å². The topological polar surface area (TPSA) is 38.7 Å². The van der Waals surface area contributed by atoms with Crippen molar-refractivity contribution in [3.05, 3.63) is 18.0 Å². The van der Waals surface area contributed by atoms with E-state index in [9.17, 15) is 0 Å². The Morgan fingerprint density at radius 3 is 2.11 bits per heavy atom. The zero-order valence-electron chi connectivity index (χ0n) is 17.2. The predicted molar refractivity (Wildman–Crippen MR) is 110 cm³/mol. The van der Waals surface area contributed by atoms with Crippen LogP contribution >= 0.6 is 0 Å². The van der Waals surface area contributed by atoms with Gasteiger partial charge in [-0.05, 0) is 52.6 Å². The molecule has 150 valence electrons. The van der Waals surface area contributed by atoms with Gasteiger partial charge in [-0.25, -0.2) is 9.97 Å².